The molecule has 3 N–H and O–H groups in total. The normalized spacial score (nSPS) is 11.5. The molecule has 7 nitrogen and oxygen atoms in total. The van der Waals surface area contributed by atoms with Crippen molar-refractivity contribution in [2.24, 2.45) is 0 Å². The van der Waals surface area contributed by atoms with Crippen LogP contribution in [0.1, 0.15) is 5.56 Å². The minimum atomic E-state index is -1.21. The van der Waals surface area contributed by atoms with Gasteiger partial charge in [-0.2, -0.15) is 0 Å². The number of nitrogens with one attached hydrogen (secondary N) is 1. The summed E-state index contributed by atoms with van der Waals surface area (Å²) in [6.07, 6.45) is -0.833. The number of rotatable bonds is 9. The van der Waals surface area contributed by atoms with Gasteiger partial charge in [-0.3, -0.25) is 4.79 Å². The molecule has 1 amide bonds. The number of aliphatic carboxylic acids is 2. The molecule has 1 atom stereocenters. The van der Waals surface area contributed by atoms with Crippen molar-refractivity contribution in [3.63, 3.8) is 0 Å². The number of hydrogen-bond donors (Lipinski definition) is 3. The molecule has 0 fully saturated rings. The minimum Gasteiger partial charge on any atom is -0.481 e. The second kappa shape index (κ2) is 9.96. The van der Waals surface area contributed by atoms with Crippen LogP contribution in [0, 0.1) is 0 Å². The lowest BCUT2D eigenvalue weighted by Crippen LogP contribution is -2.42. The van der Waals surface area contributed by atoms with Crippen molar-refractivity contribution in [3.8, 4) is 0 Å². The summed E-state index contributed by atoms with van der Waals surface area (Å²) in [5, 5.41) is 19.7. The van der Waals surface area contributed by atoms with Crippen molar-refractivity contribution in [3.05, 3.63) is 35.9 Å². The molecule has 120 valence electrons. The van der Waals surface area contributed by atoms with Crippen LogP contribution >= 0.6 is 21.6 Å². The van der Waals surface area contributed by atoms with Gasteiger partial charge in [0.25, 0.3) is 0 Å². The van der Waals surface area contributed by atoms with E-state index in [1.807, 2.05) is 6.07 Å². The highest BCUT2D eigenvalue weighted by Crippen LogP contribution is 2.21. The number of carboxylic acids is 2. The van der Waals surface area contributed by atoms with Crippen molar-refractivity contribution in [2.45, 2.75) is 12.6 Å². The summed E-state index contributed by atoms with van der Waals surface area (Å²) >= 11 is 0. The van der Waals surface area contributed by atoms with Gasteiger partial charge in [-0.1, -0.05) is 51.9 Å². The Balaban J connectivity index is 2.34. The van der Waals surface area contributed by atoms with Crippen LogP contribution in [0.5, 0.6) is 0 Å². The van der Waals surface area contributed by atoms with Gasteiger partial charge in [0.05, 0.1) is 0 Å². The van der Waals surface area contributed by atoms with Crippen molar-refractivity contribution >= 4 is 39.6 Å². The molecule has 0 spiro atoms. The lowest BCUT2D eigenvalue weighted by molar-refractivity contribution is -0.138. The van der Waals surface area contributed by atoms with Gasteiger partial charge in [0.15, 0.2) is 0 Å². The SMILES string of the molecule is O=C(O)CSSC[C@H](NC(=O)OCc1ccccc1)C(=O)O. The first kappa shape index (κ1) is 18.2. The molecule has 0 aromatic heterocycles. The first-order chi connectivity index (χ1) is 10.5. The van der Waals surface area contributed by atoms with E-state index in [2.05, 4.69) is 5.32 Å². The fourth-order valence-corrected chi connectivity index (χ4v) is 3.18. The van der Waals surface area contributed by atoms with E-state index < -0.39 is 24.1 Å². The number of carbonyl (C=O) groups excluding carboxylic acids is 1. The number of carboxylic acid groups (broad SMARTS) is 2. The van der Waals surface area contributed by atoms with Gasteiger partial charge in [0.2, 0.25) is 0 Å². The largest absolute Gasteiger partial charge is 0.481 e. The summed E-state index contributed by atoms with van der Waals surface area (Å²) in [5.74, 6) is -2.30. The summed E-state index contributed by atoms with van der Waals surface area (Å²) < 4.78 is 4.93. The number of ether oxygens (including phenoxy) is 1. The Morgan fingerprint density at radius 3 is 2.41 bits per heavy atom. The van der Waals surface area contributed by atoms with Crippen molar-refractivity contribution in [1.29, 1.82) is 0 Å². The lowest BCUT2D eigenvalue weighted by atomic mass is 10.2. The number of amides is 1. The average Bonchev–Trinajstić information content (AvgIpc) is 2.48. The molecule has 0 unspecified atom stereocenters. The Morgan fingerprint density at radius 1 is 1.14 bits per heavy atom. The van der Waals surface area contributed by atoms with E-state index in [0.29, 0.717) is 0 Å². The van der Waals surface area contributed by atoms with E-state index in [4.69, 9.17) is 14.9 Å². The molecule has 1 aromatic carbocycles. The van der Waals surface area contributed by atoms with Crippen molar-refractivity contribution in [1.82, 2.24) is 5.32 Å². The minimum absolute atomic E-state index is 0.0354. The first-order valence-corrected chi connectivity index (χ1v) is 8.64. The standard InChI is InChI=1S/C13H15NO6S2/c15-11(16)8-22-21-7-10(12(17)18)14-13(19)20-6-9-4-2-1-3-5-9/h1-5,10H,6-8H2,(H,14,19)(H,15,16)(H,17,18)/t10-/m0/s1. The lowest BCUT2D eigenvalue weighted by Gasteiger charge is -2.13. The van der Waals surface area contributed by atoms with Gasteiger partial charge in [-0.25, -0.2) is 9.59 Å². The maximum atomic E-state index is 11.6. The van der Waals surface area contributed by atoms with Crippen molar-refractivity contribution < 1.29 is 29.3 Å². The Labute approximate surface area is 134 Å². The van der Waals surface area contributed by atoms with E-state index in [-0.39, 0.29) is 18.1 Å². The number of alkyl carbamates (subject to hydrolysis) is 1. The summed E-state index contributed by atoms with van der Waals surface area (Å²) in [6, 6.07) is 7.84. The van der Waals surface area contributed by atoms with Gasteiger partial charge in [0.1, 0.15) is 18.4 Å². The van der Waals surface area contributed by atoms with E-state index in [1.54, 1.807) is 24.3 Å². The molecule has 1 aromatic rings. The molecule has 9 heteroatoms. The van der Waals surface area contributed by atoms with Crippen LogP contribution in [0.3, 0.4) is 0 Å². The third-order valence-corrected chi connectivity index (χ3v) is 4.57. The van der Waals surface area contributed by atoms with Crippen LogP contribution in [0.25, 0.3) is 0 Å². The molecule has 0 saturated heterocycles. The molecular formula is C13H15NO6S2. The molecule has 0 aliphatic carbocycles. The summed E-state index contributed by atoms with van der Waals surface area (Å²) in [5.41, 5.74) is 0.788. The molecule has 0 aliphatic rings. The van der Waals surface area contributed by atoms with Crippen LogP contribution in [0.4, 0.5) is 4.79 Å². The fourth-order valence-electron chi connectivity index (χ4n) is 1.29. The number of hydrogen-bond acceptors (Lipinski definition) is 6. The van der Waals surface area contributed by atoms with Crippen LogP contribution in [0.2, 0.25) is 0 Å². The number of carbonyl (C=O) groups is 3. The second-order valence-corrected chi connectivity index (χ2v) is 6.54. The van der Waals surface area contributed by atoms with Gasteiger partial charge in [-0.05, 0) is 5.56 Å². The molecule has 0 heterocycles. The zero-order valence-corrected chi connectivity index (χ0v) is 13.1. The Bertz CT molecular complexity index is 511. The third-order valence-electron chi connectivity index (χ3n) is 2.30. The Hall–Kier alpha value is -1.87. The third kappa shape index (κ3) is 7.79. The molecule has 0 saturated carbocycles. The first-order valence-electron chi connectivity index (χ1n) is 6.15. The molecule has 0 radical (unpaired) electrons. The summed E-state index contributed by atoms with van der Waals surface area (Å²) in [6.45, 7) is 0.0416. The van der Waals surface area contributed by atoms with Gasteiger partial charge in [0, 0.05) is 5.75 Å². The highest BCUT2D eigenvalue weighted by atomic mass is 33.1. The predicted octanol–water partition coefficient (Wildman–Crippen LogP) is 1.83. The fraction of sp³-hybridized carbons (Fsp3) is 0.308. The summed E-state index contributed by atoms with van der Waals surface area (Å²) in [4.78, 5) is 32.9. The van der Waals surface area contributed by atoms with E-state index in [1.165, 1.54) is 0 Å². The number of benzene rings is 1. The van der Waals surface area contributed by atoms with Crippen LogP contribution < -0.4 is 5.32 Å². The average molecular weight is 345 g/mol. The van der Waals surface area contributed by atoms with Crippen LogP contribution in [-0.4, -0.2) is 45.8 Å². The zero-order chi connectivity index (χ0) is 16.4. The monoisotopic (exact) mass is 345 g/mol. The van der Waals surface area contributed by atoms with E-state index >= 15 is 0 Å². The predicted molar refractivity (Wildman–Crippen MR) is 83.7 cm³/mol. The topological polar surface area (TPSA) is 113 Å². The molecule has 0 aliphatic heterocycles. The molecule has 1 rings (SSSR count). The van der Waals surface area contributed by atoms with Crippen LogP contribution in [0.15, 0.2) is 30.3 Å². The Morgan fingerprint density at radius 2 is 1.82 bits per heavy atom. The van der Waals surface area contributed by atoms with Gasteiger partial charge >= 0.3 is 18.0 Å². The molecular weight excluding hydrogens is 330 g/mol. The molecule has 22 heavy (non-hydrogen) atoms. The Kier molecular flexibility index (Phi) is 8.23. The highest BCUT2D eigenvalue weighted by molar-refractivity contribution is 8.76. The van der Waals surface area contributed by atoms with E-state index in [0.717, 1.165) is 27.2 Å². The van der Waals surface area contributed by atoms with Gasteiger partial charge in [-0.15, -0.1) is 0 Å². The molecule has 0 bridgehead atoms. The second-order valence-electron chi connectivity index (χ2n) is 4.04. The summed E-state index contributed by atoms with van der Waals surface area (Å²) in [7, 11) is 2.07. The van der Waals surface area contributed by atoms with E-state index in [9.17, 15) is 14.4 Å². The maximum Gasteiger partial charge on any atom is 0.408 e. The smallest absolute Gasteiger partial charge is 0.408 e. The quantitative estimate of drug-likeness (QED) is 0.459. The highest BCUT2D eigenvalue weighted by Gasteiger charge is 2.21. The van der Waals surface area contributed by atoms with Gasteiger partial charge < -0.3 is 20.3 Å². The van der Waals surface area contributed by atoms with Crippen molar-refractivity contribution in [2.75, 3.05) is 11.5 Å². The zero-order valence-electron chi connectivity index (χ0n) is 11.4. The van der Waals surface area contributed by atoms with Crippen LogP contribution in [-0.2, 0) is 20.9 Å². The maximum absolute atomic E-state index is 11.6.